The van der Waals surface area contributed by atoms with Crippen LogP contribution in [0.1, 0.15) is 22.8 Å². The second kappa shape index (κ2) is 4.82. The molecule has 0 aliphatic carbocycles. The average molecular weight is 252 g/mol. The zero-order valence-electron chi connectivity index (χ0n) is 9.62. The van der Waals surface area contributed by atoms with Gasteiger partial charge >= 0.3 is 0 Å². The number of halogens is 3. The van der Waals surface area contributed by atoms with E-state index in [0.717, 1.165) is 6.07 Å². The van der Waals surface area contributed by atoms with Crippen molar-refractivity contribution in [2.45, 2.75) is 13.0 Å². The van der Waals surface area contributed by atoms with Crippen molar-refractivity contribution < 1.29 is 18.3 Å². The molecule has 0 spiro atoms. The van der Waals surface area contributed by atoms with Gasteiger partial charge in [-0.3, -0.25) is 0 Å². The number of aliphatic hydroxyl groups excluding tert-OH is 1. The van der Waals surface area contributed by atoms with Gasteiger partial charge in [-0.15, -0.1) is 0 Å². The Labute approximate surface area is 103 Å². The summed E-state index contributed by atoms with van der Waals surface area (Å²) in [5.41, 5.74) is 0.489. The first-order valence-electron chi connectivity index (χ1n) is 5.38. The van der Waals surface area contributed by atoms with Crippen molar-refractivity contribution in [3.63, 3.8) is 0 Å². The molecule has 1 atom stereocenters. The van der Waals surface area contributed by atoms with Crippen LogP contribution >= 0.6 is 0 Å². The zero-order valence-corrected chi connectivity index (χ0v) is 9.62. The highest BCUT2D eigenvalue weighted by molar-refractivity contribution is 5.33. The van der Waals surface area contributed by atoms with Gasteiger partial charge in [0, 0.05) is 5.56 Å². The predicted octanol–water partition coefficient (Wildman–Crippen LogP) is 3.49. The largest absolute Gasteiger partial charge is 0.384 e. The van der Waals surface area contributed by atoms with Crippen LogP contribution in [-0.2, 0) is 0 Å². The Morgan fingerprint density at radius 2 is 1.72 bits per heavy atom. The van der Waals surface area contributed by atoms with E-state index in [1.54, 1.807) is 0 Å². The van der Waals surface area contributed by atoms with E-state index >= 15 is 0 Å². The van der Waals surface area contributed by atoms with E-state index in [1.807, 2.05) is 0 Å². The Morgan fingerprint density at radius 3 is 2.39 bits per heavy atom. The highest BCUT2D eigenvalue weighted by Gasteiger charge is 2.18. The molecule has 2 aromatic carbocycles. The minimum Gasteiger partial charge on any atom is -0.384 e. The van der Waals surface area contributed by atoms with Crippen molar-refractivity contribution in [2.75, 3.05) is 0 Å². The molecule has 2 rings (SSSR count). The van der Waals surface area contributed by atoms with E-state index < -0.39 is 23.6 Å². The molecule has 4 heteroatoms. The molecule has 94 valence electrons. The van der Waals surface area contributed by atoms with Crippen LogP contribution in [0.25, 0.3) is 0 Å². The third-order valence-corrected chi connectivity index (χ3v) is 2.77. The van der Waals surface area contributed by atoms with Gasteiger partial charge in [-0.1, -0.05) is 24.3 Å². The van der Waals surface area contributed by atoms with Gasteiger partial charge in [0.15, 0.2) is 11.6 Å². The summed E-state index contributed by atoms with van der Waals surface area (Å²) < 4.78 is 39.7. The van der Waals surface area contributed by atoms with Gasteiger partial charge in [-0.2, -0.15) is 0 Å². The van der Waals surface area contributed by atoms with Crippen LogP contribution in [0.2, 0.25) is 0 Å². The van der Waals surface area contributed by atoms with Gasteiger partial charge in [0.1, 0.15) is 11.9 Å². The quantitative estimate of drug-likeness (QED) is 0.867. The summed E-state index contributed by atoms with van der Waals surface area (Å²) in [6.45, 7) is 1.54. The second-order valence-corrected chi connectivity index (χ2v) is 4.05. The highest BCUT2D eigenvalue weighted by atomic mass is 19.2. The first kappa shape index (κ1) is 12.6. The van der Waals surface area contributed by atoms with Crippen molar-refractivity contribution in [3.05, 3.63) is 70.5 Å². The molecule has 0 bridgehead atoms. The third kappa shape index (κ3) is 2.24. The van der Waals surface area contributed by atoms with Gasteiger partial charge in [0.05, 0.1) is 0 Å². The molecule has 1 unspecified atom stereocenters. The smallest absolute Gasteiger partial charge is 0.164 e. The average Bonchev–Trinajstić information content (AvgIpc) is 2.35. The molecule has 0 radical (unpaired) electrons. The number of aryl methyl sites for hydroxylation is 1. The number of hydrogen-bond acceptors (Lipinski definition) is 1. The second-order valence-electron chi connectivity index (χ2n) is 4.05. The van der Waals surface area contributed by atoms with Crippen molar-refractivity contribution >= 4 is 0 Å². The molecule has 0 aliphatic rings. The van der Waals surface area contributed by atoms with E-state index in [0.29, 0.717) is 11.1 Å². The van der Waals surface area contributed by atoms with Crippen molar-refractivity contribution in [3.8, 4) is 0 Å². The Hall–Kier alpha value is -1.81. The van der Waals surface area contributed by atoms with Crippen LogP contribution < -0.4 is 0 Å². The monoisotopic (exact) mass is 252 g/mol. The van der Waals surface area contributed by atoms with E-state index in [4.69, 9.17) is 0 Å². The first-order chi connectivity index (χ1) is 8.50. The molecule has 1 nitrogen and oxygen atoms in total. The van der Waals surface area contributed by atoms with Crippen LogP contribution in [0.4, 0.5) is 13.2 Å². The van der Waals surface area contributed by atoms with Gasteiger partial charge in [0.25, 0.3) is 0 Å². The molecule has 0 heterocycles. The van der Waals surface area contributed by atoms with Crippen LogP contribution in [-0.4, -0.2) is 5.11 Å². The lowest BCUT2D eigenvalue weighted by atomic mass is 9.99. The molecule has 0 amide bonds. The molecule has 0 aliphatic heterocycles. The molecular weight excluding hydrogens is 241 g/mol. The Kier molecular flexibility index (Phi) is 3.39. The lowest BCUT2D eigenvalue weighted by molar-refractivity contribution is 0.213. The summed E-state index contributed by atoms with van der Waals surface area (Å²) in [6, 6.07) is 7.52. The Balaban J connectivity index is 2.44. The summed E-state index contributed by atoms with van der Waals surface area (Å²) in [7, 11) is 0. The fraction of sp³-hybridized carbons (Fsp3) is 0.143. The normalized spacial score (nSPS) is 12.5. The molecule has 18 heavy (non-hydrogen) atoms. The minimum absolute atomic E-state index is 0.166. The summed E-state index contributed by atoms with van der Waals surface area (Å²) >= 11 is 0. The molecule has 1 N–H and O–H groups in total. The molecule has 0 fully saturated rings. The number of hydrogen-bond donors (Lipinski definition) is 1. The summed E-state index contributed by atoms with van der Waals surface area (Å²) in [6.07, 6.45) is -1.32. The van der Waals surface area contributed by atoms with Crippen molar-refractivity contribution in [1.29, 1.82) is 0 Å². The summed E-state index contributed by atoms with van der Waals surface area (Å²) in [4.78, 5) is 0. The Morgan fingerprint density at radius 1 is 1.00 bits per heavy atom. The predicted molar refractivity (Wildman–Crippen MR) is 61.6 cm³/mol. The highest BCUT2D eigenvalue weighted by Crippen LogP contribution is 2.26. The summed E-state index contributed by atoms with van der Waals surface area (Å²) in [5.74, 6) is -2.52. The maximum Gasteiger partial charge on any atom is 0.164 e. The van der Waals surface area contributed by atoms with Gasteiger partial charge in [-0.05, 0) is 30.2 Å². The van der Waals surface area contributed by atoms with E-state index in [1.165, 1.54) is 37.3 Å². The number of benzene rings is 2. The molecular formula is C14H11F3O. The van der Waals surface area contributed by atoms with Crippen LogP contribution in [0, 0.1) is 24.4 Å². The zero-order chi connectivity index (χ0) is 13.3. The van der Waals surface area contributed by atoms with Gasteiger partial charge in [0.2, 0.25) is 0 Å². The van der Waals surface area contributed by atoms with Gasteiger partial charge < -0.3 is 5.11 Å². The lowest BCUT2D eigenvalue weighted by Crippen LogP contribution is -2.04. The maximum absolute atomic E-state index is 13.5. The van der Waals surface area contributed by atoms with Crippen LogP contribution in [0.5, 0.6) is 0 Å². The fourth-order valence-electron chi connectivity index (χ4n) is 1.75. The molecule has 0 aromatic heterocycles. The number of aliphatic hydroxyl groups is 1. The fourth-order valence-corrected chi connectivity index (χ4v) is 1.75. The lowest BCUT2D eigenvalue weighted by Gasteiger charge is -2.13. The molecule has 0 saturated carbocycles. The molecule has 0 saturated heterocycles. The third-order valence-electron chi connectivity index (χ3n) is 2.77. The number of rotatable bonds is 2. The van der Waals surface area contributed by atoms with Crippen molar-refractivity contribution in [2.24, 2.45) is 0 Å². The van der Waals surface area contributed by atoms with E-state index in [9.17, 15) is 18.3 Å². The van der Waals surface area contributed by atoms with Crippen molar-refractivity contribution in [1.82, 2.24) is 0 Å². The molecule has 2 aromatic rings. The summed E-state index contributed by atoms with van der Waals surface area (Å²) in [5, 5.41) is 9.98. The minimum atomic E-state index is -1.32. The van der Waals surface area contributed by atoms with Crippen LogP contribution in [0.15, 0.2) is 36.4 Å². The standard InChI is InChI=1S/C14H11F3O/c1-8-7-9(5-6-11(8)15)14(18)10-3-2-4-12(16)13(10)17/h2-7,14,18H,1H3. The topological polar surface area (TPSA) is 20.2 Å². The Bertz CT molecular complexity index is 581. The maximum atomic E-state index is 13.5. The SMILES string of the molecule is Cc1cc(C(O)c2cccc(F)c2F)ccc1F. The van der Waals surface area contributed by atoms with Crippen LogP contribution in [0.3, 0.4) is 0 Å². The first-order valence-corrected chi connectivity index (χ1v) is 5.38. The van der Waals surface area contributed by atoms with Gasteiger partial charge in [-0.25, -0.2) is 13.2 Å². The van der Waals surface area contributed by atoms with E-state index in [2.05, 4.69) is 0 Å². The van der Waals surface area contributed by atoms with E-state index in [-0.39, 0.29) is 5.56 Å².